The van der Waals surface area contributed by atoms with Crippen molar-refractivity contribution >= 4 is 0 Å². The van der Waals surface area contributed by atoms with Crippen LogP contribution in [0.25, 0.3) is 0 Å². The van der Waals surface area contributed by atoms with Gasteiger partial charge in [-0.3, -0.25) is 0 Å². The molecule has 1 fully saturated rings. The van der Waals surface area contributed by atoms with Gasteiger partial charge >= 0.3 is 0 Å². The summed E-state index contributed by atoms with van der Waals surface area (Å²) < 4.78 is 0. The third kappa shape index (κ3) is 7.14. The first-order valence-corrected chi connectivity index (χ1v) is 13.8. The molecule has 0 aliphatic heterocycles. The van der Waals surface area contributed by atoms with Crippen molar-refractivity contribution < 1.29 is 20.4 Å². The summed E-state index contributed by atoms with van der Waals surface area (Å²) in [5.41, 5.74) is 5.07. The molecule has 0 atom stereocenters. The highest BCUT2D eigenvalue weighted by molar-refractivity contribution is 5.43. The molecule has 39 heavy (non-hydrogen) atoms. The van der Waals surface area contributed by atoms with Crippen molar-refractivity contribution in [1.82, 2.24) is 0 Å². The molecule has 1 saturated carbocycles. The van der Waals surface area contributed by atoms with E-state index in [0.29, 0.717) is 23.0 Å². The molecule has 5 rings (SSSR count). The lowest BCUT2D eigenvalue weighted by molar-refractivity contribution is 0.345. The van der Waals surface area contributed by atoms with Gasteiger partial charge in [-0.15, -0.1) is 0 Å². The van der Waals surface area contributed by atoms with Crippen molar-refractivity contribution in [3.63, 3.8) is 0 Å². The van der Waals surface area contributed by atoms with Crippen LogP contribution < -0.4 is 0 Å². The first kappa shape index (κ1) is 28.1. The third-order valence-electron chi connectivity index (χ3n) is 8.17. The van der Waals surface area contributed by atoms with Gasteiger partial charge in [0.2, 0.25) is 0 Å². The van der Waals surface area contributed by atoms with E-state index in [9.17, 15) is 20.4 Å². The zero-order chi connectivity index (χ0) is 27.9. The molecule has 0 saturated heterocycles. The lowest BCUT2D eigenvalue weighted by Crippen LogP contribution is -2.30. The van der Waals surface area contributed by atoms with Crippen molar-refractivity contribution in [2.24, 2.45) is 0 Å². The molecule has 1 aliphatic rings. The molecule has 4 N–H and O–H groups in total. The van der Waals surface area contributed by atoms with Gasteiger partial charge < -0.3 is 20.4 Å². The highest BCUT2D eigenvalue weighted by atomic mass is 16.3. The zero-order valence-corrected chi connectivity index (χ0v) is 23.0. The Morgan fingerprint density at radius 2 is 0.923 bits per heavy atom. The number of benzene rings is 4. The Hall–Kier alpha value is -3.92. The van der Waals surface area contributed by atoms with Crippen molar-refractivity contribution in [3.8, 4) is 23.0 Å². The number of hydrogen-bond acceptors (Lipinski definition) is 4. The van der Waals surface area contributed by atoms with Crippen molar-refractivity contribution in [2.75, 3.05) is 0 Å². The molecule has 0 spiro atoms. The van der Waals surface area contributed by atoms with E-state index in [0.717, 1.165) is 25.7 Å². The van der Waals surface area contributed by atoms with Gasteiger partial charge in [-0.25, -0.2) is 0 Å². The highest BCUT2D eigenvalue weighted by Crippen LogP contribution is 2.45. The molecule has 0 unspecified atom stereocenters. The second kappa shape index (κ2) is 12.3. The summed E-state index contributed by atoms with van der Waals surface area (Å²) in [4.78, 5) is 0. The molecule has 0 bridgehead atoms. The number of aryl methyl sites for hydroxylation is 1. The monoisotopic (exact) mass is 524 g/mol. The smallest absolute Gasteiger partial charge is 0.115 e. The maximum absolute atomic E-state index is 9.51. The minimum atomic E-state index is 0.0274. The van der Waals surface area contributed by atoms with E-state index >= 15 is 0 Å². The van der Waals surface area contributed by atoms with E-state index in [1.54, 1.807) is 48.5 Å². The number of phenolic OH excluding ortho intramolecular Hbond substituents is 4. The van der Waals surface area contributed by atoms with Gasteiger partial charge in [0, 0.05) is 5.41 Å². The third-order valence-corrected chi connectivity index (χ3v) is 8.17. The Bertz CT molecular complexity index is 1250. The predicted octanol–water partition coefficient (Wildman–Crippen LogP) is 8.36. The summed E-state index contributed by atoms with van der Waals surface area (Å²) in [6, 6.07) is 30.0. The van der Waals surface area contributed by atoms with E-state index in [2.05, 4.69) is 13.8 Å². The lowest BCUT2D eigenvalue weighted by Gasteiger charge is -2.38. The number of phenols is 4. The van der Waals surface area contributed by atoms with Crippen LogP contribution in [0.2, 0.25) is 0 Å². The van der Waals surface area contributed by atoms with E-state index in [-0.39, 0.29) is 10.8 Å². The second-order valence-corrected chi connectivity index (χ2v) is 11.3. The normalized spacial score (nSPS) is 14.7. The first-order chi connectivity index (χ1) is 18.7. The highest BCUT2D eigenvalue weighted by Gasteiger charge is 2.35. The molecule has 0 amide bonds. The van der Waals surface area contributed by atoms with Crippen LogP contribution in [0.5, 0.6) is 23.0 Å². The summed E-state index contributed by atoms with van der Waals surface area (Å²) in [5.74, 6) is 1.23. The van der Waals surface area contributed by atoms with Crippen LogP contribution in [0.15, 0.2) is 97.1 Å². The molecule has 0 aromatic heterocycles. The lowest BCUT2D eigenvalue weighted by atomic mass is 9.65. The van der Waals surface area contributed by atoms with Gasteiger partial charge in [0.05, 0.1) is 0 Å². The average Bonchev–Trinajstić information content (AvgIpc) is 2.94. The summed E-state index contributed by atoms with van der Waals surface area (Å²) in [7, 11) is 0. The zero-order valence-electron chi connectivity index (χ0n) is 23.0. The van der Waals surface area contributed by atoms with E-state index in [1.165, 1.54) is 41.5 Å². The largest absolute Gasteiger partial charge is 0.508 e. The van der Waals surface area contributed by atoms with Crippen LogP contribution in [0.4, 0.5) is 0 Å². The SMILES string of the molecule is CC(C)(CCc1ccc(O)cc1)c1ccc(O)cc1.Oc1ccc(C2(c3ccc(O)cc3)CCCCC2)cc1. The second-order valence-electron chi connectivity index (χ2n) is 11.3. The van der Waals surface area contributed by atoms with Gasteiger partial charge in [0.25, 0.3) is 0 Å². The van der Waals surface area contributed by atoms with Gasteiger partial charge in [0.1, 0.15) is 23.0 Å². The van der Waals surface area contributed by atoms with E-state index < -0.39 is 0 Å². The van der Waals surface area contributed by atoms with E-state index in [1.807, 2.05) is 48.5 Å². The molecule has 0 heterocycles. The Balaban J connectivity index is 0.000000181. The molecule has 204 valence electrons. The maximum atomic E-state index is 9.51. The topological polar surface area (TPSA) is 80.9 Å². The summed E-state index contributed by atoms with van der Waals surface area (Å²) >= 11 is 0. The standard InChI is InChI=1S/C18H20O2.C17H20O2/c19-16-8-4-14(5-9-16)18(12-2-1-3-13-18)15-6-10-17(20)11-7-15;1-17(2,14-5-9-16(19)10-6-14)12-11-13-3-7-15(18)8-4-13/h4-11,19-20H,1-3,12-13H2;3-10,18-19H,11-12H2,1-2H3. The van der Waals surface area contributed by atoms with Crippen LogP contribution in [0.1, 0.15) is 74.6 Å². The Kier molecular flexibility index (Phi) is 8.86. The molecular weight excluding hydrogens is 484 g/mol. The molecular formula is C35H40O4. The number of hydrogen-bond donors (Lipinski definition) is 4. The first-order valence-electron chi connectivity index (χ1n) is 13.8. The average molecular weight is 525 g/mol. The van der Waals surface area contributed by atoms with Gasteiger partial charge in [0.15, 0.2) is 0 Å². The fourth-order valence-corrected chi connectivity index (χ4v) is 5.64. The van der Waals surface area contributed by atoms with Gasteiger partial charge in [-0.1, -0.05) is 81.6 Å². The summed E-state index contributed by atoms with van der Waals surface area (Å²) in [6.07, 6.45) is 7.98. The van der Waals surface area contributed by atoms with Gasteiger partial charge in [-0.05, 0) is 102 Å². The quantitative estimate of drug-likeness (QED) is 0.204. The molecule has 0 radical (unpaired) electrons. The Morgan fingerprint density at radius 1 is 0.538 bits per heavy atom. The molecule has 1 aliphatic carbocycles. The molecule has 4 aromatic carbocycles. The fraction of sp³-hybridized carbons (Fsp3) is 0.314. The van der Waals surface area contributed by atoms with Crippen LogP contribution in [0.3, 0.4) is 0 Å². The van der Waals surface area contributed by atoms with Crippen LogP contribution in [-0.4, -0.2) is 20.4 Å². The van der Waals surface area contributed by atoms with Crippen molar-refractivity contribution in [2.45, 2.75) is 69.6 Å². The number of rotatable bonds is 6. The molecule has 4 nitrogen and oxygen atoms in total. The fourth-order valence-electron chi connectivity index (χ4n) is 5.64. The Labute approximate surface area is 232 Å². The summed E-state index contributed by atoms with van der Waals surface area (Å²) in [6.45, 7) is 4.42. The minimum absolute atomic E-state index is 0.0274. The predicted molar refractivity (Wildman–Crippen MR) is 158 cm³/mol. The molecule has 4 aromatic rings. The van der Waals surface area contributed by atoms with E-state index in [4.69, 9.17) is 0 Å². The van der Waals surface area contributed by atoms with Crippen molar-refractivity contribution in [1.29, 1.82) is 0 Å². The van der Waals surface area contributed by atoms with Crippen LogP contribution in [-0.2, 0) is 17.3 Å². The van der Waals surface area contributed by atoms with Crippen LogP contribution >= 0.6 is 0 Å². The van der Waals surface area contributed by atoms with Gasteiger partial charge in [-0.2, -0.15) is 0 Å². The molecule has 4 heteroatoms. The number of aromatic hydroxyl groups is 4. The van der Waals surface area contributed by atoms with Crippen molar-refractivity contribution in [3.05, 3.63) is 119 Å². The minimum Gasteiger partial charge on any atom is -0.508 e. The summed E-state index contributed by atoms with van der Waals surface area (Å²) in [5, 5.41) is 37.6. The Morgan fingerprint density at radius 3 is 1.36 bits per heavy atom. The maximum Gasteiger partial charge on any atom is 0.115 e. The van der Waals surface area contributed by atoms with Crippen LogP contribution in [0, 0.1) is 0 Å².